The molecule has 0 unspecified atom stereocenters. The highest BCUT2D eigenvalue weighted by Crippen LogP contribution is 2.01. The van der Waals surface area contributed by atoms with E-state index in [0.717, 1.165) is 17.9 Å². The number of likely N-dealkylation sites (N-methyl/N-ethyl adjacent to an activating group) is 1. The van der Waals surface area contributed by atoms with Gasteiger partial charge in [-0.25, -0.2) is 4.99 Å². The first kappa shape index (κ1) is 6.13. The van der Waals surface area contributed by atoms with Gasteiger partial charge in [0, 0.05) is 7.05 Å². The van der Waals surface area contributed by atoms with Crippen molar-refractivity contribution in [3.05, 3.63) is 11.4 Å². The third kappa shape index (κ3) is 1.22. The topological polar surface area (TPSA) is 36.4 Å². The average molecular weight is 125 g/mol. The highest BCUT2D eigenvalue weighted by molar-refractivity contribution is 5.58. The van der Waals surface area contributed by atoms with Gasteiger partial charge >= 0.3 is 0 Å². The molecule has 50 valence electrons. The van der Waals surface area contributed by atoms with Gasteiger partial charge in [-0.05, 0) is 6.92 Å². The molecule has 0 aromatic rings. The van der Waals surface area contributed by atoms with Gasteiger partial charge in [-0.2, -0.15) is 0 Å². The summed E-state index contributed by atoms with van der Waals surface area (Å²) in [5, 5.41) is 6.06. The van der Waals surface area contributed by atoms with E-state index in [9.17, 15) is 0 Å². The maximum atomic E-state index is 4.06. The Morgan fingerprint density at radius 3 is 3.00 bits per heavy atom. The number of aliphatic imine (C=N–C) groups is 1. The van der Waals surface area contributed by atoms with Crippen LogP contribution in [0.25, 0.3) is 0 Å². The predicted octanol–water partition coefficient (Wildman–Crippen LogP) is 0.0688. The van der Waals surface area contributed by atoms with Gasteiger partial charge in [0.25, 0.3) is 0 Å². The zero-order valence-corrected chi connectivity index (χ0v) is 5.73. The van der Waals surface area contributed by atoms with E-state index in [0.29, 0.717) is 0 Å². The van der Waals surface area contributed by atoms with Crippen LogP contribution in [0.5, 0.6) is 0 Å². The molecule has 1 aliphatic heterocycles. The largest absolute Gasteiger partial charge is 0.389 e. The normalized spacial score (nSPS) is 17.6. The molecule has 0 radical (unpaired) electrons. The van der Waals surface area contributed by atoms with Gasteiger partial charge < -0.3 is 10.6 Å². The summed E-state index contributed by atoms with van der Waals surface area (Å²) in [7, 11) is 1.90. The van der Waals surface area contributed by atoms with Gasteiger partial charge in [-0.3, -0.25) is 0 Å². The van der Waals surface area contributed by atoms with Gasteiger partial charge in [-0.15, -0.1) is 0 Å². The smallest absolute Gasteiger partial charge is 0.0886 e. The Kier molecular flexibility index (Phi) is 1.72. The van der Waals surface area contributed by atoms with E-state index >= 15 is 0 Å². The van der Waals surface area contributed by atoms with Crippen LogP contribution in [0.3, 0.4) is 0 Å². The second kappa shape index (κ2) is 2.53. The molecule has 0 amide bonds. The molecule has 0 aliphatic carbocycles. The molecule has 0 bridgehead atoms. The highest BCUT2D eigenvalue weighted by Gasteiger charge is 2.00. The van der Waals surface area contributed by atoms with Crippen molar-refractivity contribution in [2.75, 3.05) is 13.6 Å². The van der Waals surface area contributed by atoms with E-state index in [2.05, 4.69) is 15.6 Å². The summed E-state index contributed by atoms with van der Waals surface area (Å²) >= 11 is 0. The zero-order chi connectivity index (χ0) is 6.69. The molecule has 0 aromatic heterocycles. The lowest BCUT2D eigenvalue weighted by Crippen LogP contribution is -2.26. The van der Waals surface area contributed by atoms with Crippen LogP contribution in [-0.4, -0.2) is 19.9 Å². The molecular formula is C6H11N3. The average Bonchev–Trinajstić information content (AvgIpc) is 1.89. The monoisotopic (exact) mass is 125 g/mol. The summed E-state index contributed by atoms with van der Waals surface area (Å²) in [6.07, 6.45) is 1.72. The summed E-state index contributed by atoms with van der Waals surface area (Å²) in [5.41, 5.74) is 2.23. The molecule has 0 atom stereocenters. The lowest BCUT2D eigenvalue weighted by Gasteiger charge is -2.12. The van der Waals surface area contributed by atoms with Crippen molar-refractivity contribution in [2.45, 2.75) is 6.92 Å². The second-order valence-corrected chi connectivity index (χ2v) is 1.95. The molecule has 1 aliphatic rings. The van der Waals surface area contributed by atoms with Crippen LogP contribution >= 0.6 is 0 Å². The second-order valence-electron chi connectivity index (χ2n) is 1.95. The van der Waals surface area contributed by atoms with Gasteiger partial charge in [-0.1, -0.05) is 0 Å². The maximum Gasteiger partial charge on any atom is 0.0886 e. The summed E-state index contributed by atoms with van der Waals surface area (Å²) in [6, 6.07) is 0. The molecule has 2 N–H and O–H groups in total. The van der Waals surface area contributed by atoms with E-state index in [-0.39, 0.29) is 0 Å². The van der Waals surface area contributed by atoms with E-state index in [1.165, 1.54) is 0 Å². The van der Waals surface area contributed by atoms with Crippen LogP contribution < -0.4 is 10.6 Å². The fraction of sp³-hybridized carbons (Fsp3) is 0.500. The van der Waals surface area contributed by atoms with Crippen molar-refractivity contribution in [3.8, 4) is 0 Å². The van der Waals surface area contributed by atoms with E-state index < -0.39 is 0 Å². The molecule has 3 nitrogen and oxygen atoms in total. The lowest BCUT2D eigenvalue weighted by molar-refractivity contribution is 0.830. The molecule has 1 rings (SSSR count). The van der Waals surface area contributed by atoms with Crippen molar-refractivity contribution in [1.29, 1.82) is 0 Å². The fourth-order valence-electron chi connectivity index (χ4n) is 0.765. The first-order valence-corrected chi connectivity index (χ1v) is 2.98. The lowest BCUT2D eigenvalue weighted by atomic mass is 10.3. The number of nitrogens with zero attached hydrogens (tertiary/aromatic N) is 1. The fourth-order valence-corrected chi connectivity index (χ4v) is 0.765. The molecule has 3 heteroatoms. The summed E-state index contributed by atoms with van der Waals surface area (Å²) in [6.45, 7) is 2.86. The Morgan fingerprint density at radius 2 is 2.56 bits per heavy atom. The Balaban J connectivity index is 2.72. The summed E-state index contributed by atoms with van der Waals surface area (Å²) in [4.78, 5) is 4.06. The number of allylic oxidation sites excluding steroid dienone is 1. The van der Waals surface area contributed by atoms with Gasteiger partial charge in [0.1, 0.15) is 0 Å². The Morgan fingerprint density at radius 1 is 1.78 bits per heavy atom. The van der Waals surface area contributed by atoms with Gasteiger partial charge in [0.05, 0.1) is 24.3 Å². The SMILES string of the molecule is CNC1=C(C)N=CNC1. The van der Waals surface area contributed by atoms with Crippen molar-refractivity contribution >= 4 is 6.34 Å². The Hall–Kier alpha value is -0.990. The van der Waals surface area contributed by atoms with Crippen LogP contribution in [-0.2, 0) is 0 Å². The minimum atomic E-state index is 0.867. The van der Waals surface area contributed by atoms with Crippen LogP contribution in [0, 0.1) is 0 Å². The minimum absolute atomic E-state index is 0.867. The number of hydrogen-bond acceptors (Lipinski definition) is 3. The van der Waals surface area contributed by atoms with Gasteiger partial charge in [0.2, 0.25) is 0 Å². The first-order chi connectivity index (χ1) is 4.34. The number of nitrogens with one attached hydrogen (secondary N) is 2. The summed E-state index contributed by atoms with van der Waals surface area (Å²) < 4.78 is 0. The van der Waals surface area contributed by atoms with E-state index in [4.69, 9.17) is 0 Å². The molecular weight excluding hydrogens is 114 g/mol. The van der Waals surface area contributed by atoms with Crippen LogP contribution in [0.1, 0.15) is 6.92 Å². The van der Waals surface area contributed by atoms with Crippen molar-refractivity contribution in [3.63, 3.8) is 0 Å². The number of hydrogen-bond donors (Lipinski definition) is 2. The third-order valence-corrected chi connectivity index (χ3v) is 1.37. The molecule has 0 spiro atoms. The molecule has 0 saturated carbocycles. The summed E-state index contributed by atoms with van der Waals surface area (Å²) in [5.74, 6) is 0. The van der Waals surface area contributed by atoms with Crippen LogP contribution in [0.2, 0.25) is 0 Å². The quantitative estimate of drug-likeness (QED) is 0.520. The first-order valence-electron chi connectivity index (χ1n) is 2.98. The van der Waals surface area contributed by atoms with Crippen molar-refractivity contribution < 1.29 is 0 Å². The van der Waals surface area contributed by atoms with E-state index in [1.54, 1.807) is 6.34 Å². The van der Waals surface area contributed by atoms with E-state index in [1.807, 2.05) is 14.0 Å². The Labute approximate surface area is 54.9 Å². The maximum absolute atomic E-state index is 4.06. The minimum Gasteiger partial charge on any atom is -0.389 e. The molecule has 0 aromatic carbocycles. The third-order valence-electron chi connectivity index (χ3n) is 1.37. The Bertz CT molecular complexity index is 158. The van der Waals surface area contributed by atoms with Crippen LogP contribution in [0.15, 0.2) is 16.4 Å². The van der Waals surface area contributed by atoms with Crippen LogP contribution in [0.4, 0.5) is 0 Å². The van der Waals surface area contributed by atoms with Crippen molar-refractivity contribution in [2.24, 2.45) is 4.99 Å². The molecule has 0 fully saturated rings. The zero-order valence-electron chi connectivity index (χ0n) is 5.73. The highest BCUT2D eigenvalue weighted by atomic mass is 15.0. The standard InChI is InChI=1S/C6H11N3/c1-5-6(7-2)3-8-4-9-5/h4,7H,3H2,1-2H3,(H,8,9). The molecule has 0 saturated heterocycles. The predicted molar refractivity (Wildman–Crippen MR) is 38.3 cm³/mol. The number of rotatable bonds is 1. The molecule has 9 heavy (non-hydrogen) atoms. The van der Waals surface area contributed by atoms with Crippen molar-refractivity contribution in [1.82, 2.24) is 10.6 Å². The van der Waals surface area contributed by atoms with Gasteiger partial charge in [0.15, 0.2) is 0 Å². The molecule has 1 heterocycles.